The van der Waals surface area contributed by atoms with Crippen molar-refractivity contribution in [2.75, 3.05) is 20.1 Å². The lowest BCUT2D eigenvalue weighted by atomic mass is 10.2. The Kier molecular flexibility index (Phi) is 5.53. The van der Waals surface area contributed by atoms with Crippen molar-refractivity contribution in [1.82, 2.24) is 10.6 Å². The van der Waals surface area contributed by atoms with E-state index in [4.69, 9.17) is 0 Å². The van der Waals surface area contributed by atoms with E-state index in [-0.39, 0.29) is 5.91 Å². The summed E-state index contributed by atoms with van der Waals surface area (Å²) < 4.78 is 0. The molecule has 1 aliphatic heterocycles. The second-order valence-corrected chi connectivity index (χ2v) is 4.81. The van der Waals surface area contributed by atoms with Crippen LogP contribution in [0.25, 0.3) is 0 Å². The maximum absolute atomic E-state index is 11.0. The smallest absolute Gasteiger partial charge is 0.221 e. The Hall–Kier alpha value is -0.710. The zero-order valence-corrected chi connectivity index (χ0v) is 10.2. The number of carbonyl (C=O) groups is 1. The topological polar surface area (TPSA) is 53.5 Å². The van der Waals surface area contributed by atoms with Crippen LogP contribution >= 0.6 is 11.8 Å². The maximum Gasteiger partial charge on any atom is 0.221 e. The molecule has 0 fully saturated rings. The van der Waals surface area contributed by atoms with E-state index < -0.39 is 0 Å². The summed E-state index contributed by atoms with van der Waals surface area (Å²) in [6.45, 7) is 3.78. The number of nitrogens with zero attached hydrogens (tertiary/aromatic N) is 1. The highest BCUT2D eigenvalue weighted by Gasteiger charge is 2.18. The molecule has 4 nitrogen and oxygen atoms in total. The fourth-order valence-electron chi connectivity index (χ4n) is 1.39. The molecule has 0 bridgehead atoms. The van der Waals surface area contributed by atoms with Crippen molar-refractivity contribution in [3.63, 3.8) is 0 Å². The Morgan fingerprint density at radius 3 is 3.13 bits per heavy atom. The first-order chi connectivity index (χ1) is 7.26. The molecule has 0 aromatic carbocycles. The van der Waals surface area contributed by atoms with Gasteiger partial charge < -0.3 is 10.6 Å². The molecular formula is C10H19N3OS. The molecule has 15 heavy (non-hydrogen) atoms. The number of hydrogen-bond acceptors (Lipinski definition) is 4. The van der Waals surface area contributed by atoms with E-state index in [1.165, 1.54) is 12.8 Å². The number of aliphatic imine (C=N–C) groups is 1. The third-order valence-electron chi connectivity index (χ3n) is 2.23. The molecule has 0 aliphatic carbocycles. The fourth-order valence-corrected chi connectivity index (χ4v) is 2.55. The predicted octanol–water partition coefficient (Wildman–Crippen LogP) is 0.984. The molecule has 86 valence electrons. The van der Waals surface area contributed by atoms with Crippen molar-refractivity contribution in [1.29, 1.82) is 0 Å². The molecule has 0 aromatic heterocycles. The summed E-state index contributed by atoms with van der Waals surface area (Å²) in [4.78, 5) is 15.3. The molecule has 0 radical (unpaired) electrons. The first-order valence-corrected chi connectivity index (χ1v) is 6.29. The van der Waals surface area contributed by atoms with Crippen molar-refractivity contribution in [2.45, 2.75) is 31.4 Å². The van der Waals surface area contributed by atoms with Crippen LogP contribution in [0.1, 0.15) is 26.2 Å². The Morgan fingerprint density at radius 1 is 1.67 bits per heavy atom. The second-order valence-electron chi connectivity index (χ2n) is 3.52. The summed E-state index contributed by atoms with van der Waals surface area (Å²) >= 11 is 1.80. The van der Waals surface area contributed by atoms with Gasteiger partial charge in [0.15, 0.2) is 5.17 Å². The Bertz CT molecular complexity index is 243. The van der Waals surface area contributed by atoms with Gasteiger partial charge in [-0.15, -0.1) is 0 Å². The van der Waals surface area contributed by atoms with Gasteiger partial charge in [0.2, 0.25) is 5.91 Å². The minimum Gasteiger partial charge on any atom is -0.364 e. The van der Waals surface area contributed by atoms with Gasteiger partial charge in [0, 0.05) is 25.3 Å². The molecule has 1 amide bonds. The van der Waals surface area contributed by atoms with Crippen molar-refractivity contribution in [3.8, 4) is 0 Å². The van der Waals surface area contributed by atoms with Gasteiger partial charge >= 0.3 is 0 Å². The van der Waals surface area contributed by atoms with Crippen LogP contribution in [0, 0.1) is 0 Å². The average molecular weight is 229 g/mol. The zero-order valence-electron chi connectivity index (χ0n) is 9.38. The van der Waals surface area contributed by atoms with Gasteiger partial charge in [-0.3, -0.25) is 9.79 Å². The number of carbonyl (C=O) groups excluding carboxylic acids is 1. The first-order valence-electron chi connectivity index (χ1n) is 5.41. The molecule has 1 aliphatic rings. The quantitative estimate of drug-likeness (QED) is 0.739. The number of amidine groups is 1. The van der Waals surface area contributed by atoms with E-state index in [9.17, 15) is 4.79 Å². The Labute approximate surface area is 95.3 Å². The summed E-state index contributed by atoms with van der Waals surface area (Å²) in [5.74, 6) is 0.0659. The van der Waals surface area contributed by atoms with E-state index in [0.717, 1.165) is 11.7 Å². The molecule has 2 N–H and O–H groups in total. The Morgan fingerprint density at radius 2 is 2.47 bits per heavy atom. The summed E-state index contributed by atoms with van der Waals surface area (Å²) in [5.41, 5.74) is 0. The van der Waals surface area contributed by atoms with Crippen LogP contribution in [0.4, 0.5) is 0 Å². The van der Waals surface area contributed by atoms with Crippen LogP contribution in [0.2, 0.25) is 0 Å². The van der Waals surface area contributed by atoms with Crippen LogP contribution in [-0.4, -0.2) is 36.5 Å². The van der Waals surface area contributed by atoms with Crippen LogP contribution < -0.4 is 10.6 Å². The lowest BCUT2D eigenvalue weighted by Gasteiger charge is -2.07. The lowest BCUT2D eigenvalue weighted by molar-refractivity contribution is -0.120. The fraction of sp³-hybridized carbons (Fsp3) is 0.800. The molecule has 0 aromatic rings. The predicted molar refractivity (Wildman–Crippen MR) is 65.3 cm³/mol. The number of nitrogens with one attached hydrogen (secondary N) is 2. The molecule has 0 saturated carbocycles. The van der Waals surface area contributed by atoms with Crippen molar-refractivity contribution < 1.29 is 4.79 Å². The molecule has 1 heterocycles. The van der Waals surface area contributed by atoms with Crippen LogP contribution in [0.15, 0.2) is 4.99 Å². The lowest BCUT2D eigenvalue weighted by Crippen LogP contribution is -2.27. The number of amides is 1. The van der Waals surface area contributed by atoms with E-state index >= 15 is 0 Å². The number of thioether (sulfide) groups is 1. The third kappa shape index (κ3) is 4.55. The number of hydrogen-bond donors (Lipinski definition) is 2. The van der Waals surface area contributed by atoms with E-state index in [1.807, 2.05) is 0 Å². The van der Waals surface area contributed by atoms with Crippen LogP contribution in [-0.2, 0) is 4.79 Å². The molecule has 5 heteroatoms. The van der Waals surface area contributed by atoms with Gasteiger partial charge in [0.05, 0.1) is 6.54 Å². The minimum atomic E-state index is 0.0659. The highest BCUT2D eigenvalue weighted by atomic mass is 32.2. The van der Waals surface area contributed by atoms with E-state index in [2.05, 4.69) is 22.5 Å². The van der Waals surface area contributed by atoms with Crippen LogP contribution in [0.5, 0.6) is 0 Å². The maximum atomic E-state index is 11.0. The van der Waals surface area contributed by atoms with Crippen LogP contribution in [0.3, 0.4) is 0 Å². The summed E-state index contributed by atoms with van der Waals surface area (Å²) in [6, 6.07) is 0. The van der Waals surface area contributed by atoms with Crippen molar-refractivity contribution in [2.24, 2.45) is 4.99 Å². The molecule has 1 unspecified atom stereocenters. The van der Waals surface area contributed by atoms with Gasteiger partial charge in [0.25, 0.3) is 0 Å². The Balaban J connectivity index is 2.11. The van der Waals surface area contributed by atoms with Gasteiger partial charge in [-0.2, -0.15) is 0 Å². The van der Waals surface area contributed by atoms with Gasteiger partial charge in [-0.25, -0.2) is 0 Å². The second kappa shape index (κ2) is 6.71. The standard InChI is InChI=1S/C10H19N3OS/c1-3-4-8-7-13-10(15-8)12-6-5-9(14)11-2/h8H,3-7H2,1-2H3,(H,11,14)(H,12,13). The average Bonchev–Trinajstić information content (AvgIpc) is 2.66. The molecule has 0 saturated heterocycles. The summed E-state index contributed by atoms with van der Waals surface area (Å²) in [6.07, 6.45) is 2.93. The number of rotatable bonds is 5. The monoisotopic (exact) mass is 229 g/mol. The van der Waals surface area contributed by atoms with Gasteiger partial charge in [-0.1, -0.05) is 25.1 Å². The molecule has 0 spiro atoms. The van der Waals surface area contributed by atoms with Crippen molar-refractivity contribution >= 4 is 22.8 Å². The normalized spacial score (nSPS) is 19.9. The third-order valence-corrected chi connectivity index (χ3v) is 3.45. The molecular weight excluding hydrogens is 210 g/mol. The zero-order chi connectivity index (χ0) is 11.1. The summed E-state index contributed by atoms with van der Waals surface area (Å²) in [7, 11) is 1.65. The molecule has 1 rings (SSSR count). The summed E-state index contributed by atoms with van der Waals surface area (Å²) in [5, 5.41) is 7.42. The van der Waals surface area contributed by atoms with Crippen molar-refractivity contribution in [3.05, 3.63) is 0 Å². The highest BCUT2D eigenvalue weighted by molar-refractivity contribution is 8.14. The van der Waals surface area contributed by atoms with Gasteiger partial charge in [0.1, 0.15) is 0 Å². The first kappa shape index (κ1) is 12.4. The van der Waals surface area contributed by atoms with Gasteiger partial charge in [-0.05, 0) is 6.42 Å². The van der Waals surface area contributed by atoms with E-state index in [0.29, 0.717) is 18.2 Å². The SMILES string of the molecule is CCCC1CN=C(NCCC(=O)NC)S1. The largest absolute Gasteiger partial charge is 0.364 e. The highest BCUT2D eigenvalue weighted by Crippen LogP contribution is 2.23. The minimum absolute atomic E-state index is 0.0659. The molecule has 1 atom stereocenters. The van der Waals surface area contributed by atoms with E-state index in [1.54, 1.807) is 18.8 Å².